The van der Waals surface area contributed by atoms with Crippen molar-refractivity contribution in [1.29, 1.82) is 0 Å². The van der Waals surface area contributed by atoms with E-state index in [0.717, 1.165) is 23.3 Å². The van der Waals surface area contributed by atoms with Crippen LogP contribution in [0, 0.1) is 5.92 Å². The number of aromatic nitrogens is 3. The zero-order valence-corrected chi connectivity index (χ0v) is 16.2. The minimum atomic E-state index is -0.319. The summed E-state index contributed by atoms with van der Waals surface area (Å²) >= 11 is 0. The first-order valence-corrected chi connectivity index (χ1v) is 9.57. The van der Waals surface area contributed by atoms with Gasteiger partial charge in [0.15, 0.2) is 5.65 Å². The van der Waals surface area contributed by atoms with E-state index in [1.54, 1.807) is 23.0 Å². The molecule has 0 bridgehead atoms. The van der Waals surface area contributed by atoms with E-state index in [0.29, 0.717) is 23.3 Å². The zero-order valence-electron chi connectivity index (χ0n) is 16.2. The standard InChI is InChI=1S/C21H21N5O3/c1-21(2)9-11-6-16(13(8-17(11)29-21)12-7-14(12)18(22)27)25-20(28)15-10-24-26-5-3-4-23-19(15)26/h3-6,8,10,12,14H,7,9H2,1-2H3,(H2,22,27)(H,25,28)/t12-,14+/m0/s1. The van der Waals surface area contributed by atoms with E-state index in [1.807, 2.05) is 26.0 Å². The molecule has 3 heterocycles. The van der Waals surface area contributed by atoms with E-state index in [2.05, 4.69) is 15.4 Å². The van der Waals surface area contributed by atoms with Crippen molar-refractivity contribution in [2.75, 3.05) is 5.32 Å². The van der Waals surface area contributed by atoms with Crippen molar-refractivity contribution < 1.29 is 14.3 Å². The molecule has 2 aliphatic rings. The van der Waals surface area contributed by atoms with Crippen LogP contribution in [0.2, 0.25) is 0 Å². The number of carbonyl (C=O) groups excluding carboxylic acids is 2. The van der Waals surface area contributed by atoms with Crippen LogP contribution in [0.1, 0.15) is 47.7 Å². The van der Waals surface area contributed by atoms with Gasteiger partial charge in [-0.1, -0.05) is 0 Å². The first-order valence-electron chi connectivity index (χ1n) is 9.57. The maximum Gasteiger partial charge on any atom is 0.261 e. The summed E-state index contributed by atoms with van der Waals surface area (Å²) in [5.41, 5.74) is 8.65. The molecule has 2 aromatic heterocycles. The molecule has 0 unspecified atom stereocenters. The van der Waals surface area contributed by atoms with Crippen molar-refractivity contribution in [3.05, 3.63) is 53.5 Å². The molecule has 148 valence electrons. The average molecular weight is 391 g/mol. The Kier molecular flexibility index (Phi) is 3.68. The average Bonchev–Trinajstić information content (AvgIpc) is 3.24. The Labute approximate surface area is 167 Å². The third kappa shape index (κ3) is 3.00. The lowest BCUT2D eigenvalue weighted by molar-refractivity contribution is -0.119. The SMILES string of the molecule is CC1(C)Cc2cc(NC(=O)c3cnn4cccnc34)c([C@@H]3C[C@H]3C(N)=O)cc2O1. The summed E-state index contributed by atoms with van der Waals surface area (Å²) in [7, 11) is 0. The molecule has 8 heteroatoms. The Balaban J connectivity index is 1.52. The monoisotopic (exact) mass is 391 g/mol. The molecule has 0 radical (unpaired) electrons. The number of nitrogens with zero attached hydrogens (tertiary/aromatic N) is 3. The van der Waals surface area contributed by atoms with Gasteiger partial charge in [0.25, 0.3) is 5.91 Å². The fraction of sp³-hybridized carbons (Fsp3) is 0.333. The molecule has 1 aromatic carbocycles. The minimum absolute atomic E-state index is 0.0116. The van der Waals surface area contributed by atoms with Gasteiger partial charge >= 0.3 is 0 Å². The third-order valence-electron chi connectivity index (χ3n) is 5.56. The molecule has 8 nitrogen and oxygen atoms in total. The second-order valence-corrected chi connectivity index (χ2v) is 8.34. The number of rotatable bonds is 4. The third-order valence-corrected chi connectivity index (χ3v) is 5.56. The Hall–Kier alpha value is -3.42. The summed E-state index contributed by atoms with van der Waals surface area (Å²) in [4.78, 5) is 28.9. The van der Waals surface area contributed by atoms with Gasteiger partial charge in [0, 0.05) is 36.0 Å². The quantitative estimate of drug-likeness (QED) is 0.709. The van der Waals surface area contributed by atoms with Crippen LogP contribution < -0.4 is 15.8 Å². The molecular formula is C21H21N5O3. The first kappa shape index (κ1) is 17.7. The van der Waals surface area contributed by atoms with Gasteiger partial charge in [0.2, 0.25) is 5.91 Å². The molecular weight excluding hydrogens is 370 g/mol. The van der Waals surface area contributed by atoms with Crippen LogP contribution in [0.15, 0.2) is 36.8 Å². The molecule has 0 saturated heterocycles. The van der Waals surface area contributed by atoms with Gasteiger partial charge in [-0.15, -0.1) is 0 Å². The van der Waals surface area contributed by atoms with E-state index in [-0.39, 0.29) is 29.3 Å². The predicted molar refractivity (Wildman–Crippen MR) is 106 cm³/mol. The minimum Gasteiger partial charge on any atom is -0.487 e. The molecule has 2 atom stereocenters. The largest absolute Gasteiger partial charge is 0.487 e. The van der Waals surface area contributed by atoms with Gasteiger partial charge in [-0.25, -0.2) is 9.50 Å². The van der Waals surface area contributed by atoms with Crippen LogP contribution in [0.5, 0.6) is 5.75 Å². The number of amides is 2. The highest BCUT2D eigenvalue weighted by Crippen LogP contribution is 2.52. The highest BCUT2D eigenvalue weighted by atomic mass is 16.5. The summed E-state index contributed by atoms with van der Waals surface area (Å²) in [6, 6.07) is 5.65. The lowest BCUT2D eigenvalue weighted by atomic mass is 9.98. The lowest BCUT2D eigenvalue weighted by Crippen LogP contribution is -2.24. The lowest BCUT2D eigenvalue weighted by Gasteiger charge is -2.17. The van der Waals surface area contributed by atoms with Crippen LogP contribution in [0.25, 0.3) is 5.65 Å². The van der Waals surface area contributed by atoms with Gasteiger partial charge in [0.1, 0.15) is 16.9 Å². The maximum absolute atomic E-state index is 13.0. The predicted octanol–water partition coefficient (Wildman–Crippen LogP) is 2.28. The van der Waals surface area contributed by atoms with Gasteiger partial charge < -0.3 is 15.8 Å². The number of fused-ring (bicyclic) bond motifs is 2. The summed E-state index contributed by atoms with van der Waals surface area (Å²) in [5, 5.41) is 7.18. The van der Waals surface area contributed by atoms with Crippen molar-refractivity contribution in [3.8, 4) is 5.75 Å². The Morgan fingerprint density at radius 1 is 1.34 bits per heavy atom. The molecule has 29 heavy (non-hydrogen) atoms. The summed E-state index contributed by atoms with van der Waals surface area (Å²) in [6.07, 6.45) is 6.28. The summed E-state index contributed by atoms with van der Waals surface area (Å²) in [6.45, 7) is 4.05. The fourth-order valence-corrected chi connectivity index (χ4v) is 4.11. The molecule has 5 rings (SSSR count). The van der Waals surface area contributed by atoms with Gasteiger partial charge in [-0.05, 0) is 49.9 Å². The number of nitrogens with one attached hydrogen (secondary N) is 1. The first-order chi connectivity index (χ1) is 13.8. The number of hydrogen-bond donors (Lipinski definition) is 2. The van der Waals surface area contributed by atoms with E-state index < -0.39 is 0 Å². The molecule has 1 saturated carbocycles. The second-order valence-electron chi connectivity index (χ2n) is 8.34. The van der Waals surface area contributed by atoms with Crippen molar-refractivity contribution >= 4 is 23.1 Å². The fourth-order valence-electron chi connectivity index (χ4n) is 4.11. The van der Waals surface area contributed by atoms with E-state index in [4.69, 9.17) is 10.5 Å². The van der Waals surface area contributed by atoms with Gasteiger partial charge in [-0.3, -0.25) is 9.59 Å². The zero-order chi connectivity index (χ0) is 20.3. The number of carbonyl (C=O) groups is 2. The molecule has 3 aromatic rings. The number of anilines is 1. The van der Waals surface area contributed by atoms with E-state index in [9.17, 15) is 9.59 Å². The highest BCUT2D eigenvalue weighted by Gasteiger charge is 2.45. The topological polar surface area (TPSA) is 112 Å². The van der Waals surface area contributed by atoms with Crippen molar-refractivity contribution in [1.82, 2.24) is 14.6 Å². The van der Waals surface area contributed by atoms with Crippen molar-refractivity contribution in [2.24, 2.45) is 11.7 Å². The van der Waals surface area contributed by atoms with E-state index in [1.165, 1.54) is 6.20 Å². The molecule has 1 aliphatic heterocycles. The van der Waals surface area contributed by atoms with Crippen LogP contribution in [-0.4, -0.2) is 32.0 Å². The summed E-state index contributed by atoms with van der Waals surface area (Å²) < 4.78 is 7.60. The highest BCUT2D eigenvalue weighted by molar-refractivity contribution is 6.08. The van der Waals surface area contributed by atoms with Crippen LogP contribution >= 0.6 is 0 Å². The second kappa shape index (κ2) is 6.04. The number of benzene rings is 1. The number of nitrogens with two attached hydrogens (primary N) is 1. The Bertz CT molecular complexity index is 1170. The molecule has 1 aliphatic carbocycles. The Morgan fingerprint density at radius 2 is 2.17 bits per heavy atom. The Morgan fingerprint density at radius 3 is 2.93 bits per heavy atom. The van der Waals surface area contributed by atoms with Crippen LogP contribution in [-0.2, 0) is 11.2 Å². The number of primary amides is 1. The van der Waals surface area contributed by atoms with Crippen molar-refractivity contribution in [2.45, 2.75) is 38.2 Å². The molecule has 0 spiro atoms. The van der Waals surface area contributed by atoms with Gasteiger partial charge in [-0.2, -0.15) is 5.10 Å². The van der Waals surface area contributed by atoms with Crippen LogP contribution in [0.4, 0.5) is 5.69 Å². The van der Waals surface area contributed by atoms with E-state index >= 15 is 0 Å². The number of ether oxygens (including phenoxy) is 1. The normalized spacial score (nSPS) is 21.4. The molecule has 1 fully saturated rings. The number of hydrogen-bond acceptors (Lipinski definition) is 5. The van der Waals surface area contributed by atoms with Crippen molar-refractivity contribution in [3.63, 3.8) is 0 Å². The summed E-state index contributed by atoms with van der Waals surface area (Å²) in [5.74, 6) is -0.0369. The smallest absolute Gasteiger partial charge is 0.261 e. The maximum atomic E-state index is 13.0. The molecule has 3 N–H and O–H groups in total. The molecule has 2 amide bonds. The van der Waals surface area contributed by atoms with Crippen LogP contribution in [0.3, 0.4) is 0 Å². The van der Waals surface area contributed by atoms with Gasteiger partial charge in [0.05, 0.1) is 6.20 Å².